The lowest BCUT2D eigenvalue weighted by Gasteiger charge is -2.19. The van der Waals surface area contributed by atoms with E-state index in [4.69, 9.17) is 4.74 Å². The average molecular weight is 315 g/mol. The summed E-state index contributed by atoms with van der Waals surface area (Å²) in [4.78, 5) is 16.7. The van der Waals surface area contributed by atoms with Crippen LogP contribution in [0.4, 0.5) is 0 Å². The molecule has 124 valence electrons. The molecule has 2 rings (SSSR count). The molecular formula is C18H25N3O2. The third-order valence-electron chi connectivity index (χ3n) is 3.88. The molecule has 1 aromatic heterocycles. The van der Waals surface area contributed by atoms with E-state index in [1.165, 1.54) is 0 Å². The molecule has 0 aliphatic rings. The Morgan fingerprint density at radius 1 is 1.30 bits per heavy atom. The van der Waals surface area contributed by atoms with E-state index in [-0.39, 0.29) is 11.9 Å². The van der Waals surface area contributed by atoms with Gasteiger partial charge in [-0.05, 0) is 24.1 Å². The monoisotopic (exact) mass is 315 g/mol. The van der Waals surface area contributed by atoms with E-state index in [9.17, 15) is 4.79 Å². The van der Waals surface area contributed by atoms with Crippen molar-refractivity contribution >= 4 is 5.91 Å². The van der Waals surface area contributed by atoms with Gasteiger partial charge in [0.25, 0.3) is 0 Å². The Morgan fingerprint density at radius 3 is 2.61 bits per heavy atom. The molecule has 1 aromatic carbocycles. The Labute approximate surface area is 137 Å². The van der Waals surface area contributed by atoms with Gasteiger partial charge in [-0.25, -0.2) is 4.98 Å². The molecule has 0 bridgehead atoms. The molecule has 23 heavy (non-hydrogen) atoms. The number of imidazole rings is 1. The fraction of sp³-hybridized carbons (Fsp3) is 0.444. The van der Waals surface area contributed by atoms with Crippen molar-refractivity contribution in [2.24, 2.45) is 7.05 Å². The Balaban J connectivity index is 2.18. The van der Waals surface area contributed by atoms with Crippen LogP contribution in [0.2, 0.25) is 0 Å². The molecular weight excluding hydrogens is 290 g/mol. The molecule has 0 fully saturated rings. The van der Waals surface area contributed by atoms with E-state index in [1.54, 1.807) is 13.3 Å². The molecule has 0 saturated carbocycles. The van der Waals surface area contributed by atoms with Gasteiger partial charge in [-0.1, -0.05) is 31.9 Å². The van der Waals surface area contributed by atoms with Crippen LogP contribution in [0.5, 0.6) is 5.75 Å². The fourth-order valence-electron chi connectivity index (χ4n) is 2.52. The number of rotatable bonds is 8. The molecule has 5 heteroatoms. The van der Waals surface area contributed by atoms with Crippen LogP contribution in [0.3, 0.4) is 0 Å². The van der Waals surface area contributed by atoms with Crippen molar-refractivity contribution in [2.75, 3.05) is 7.11 Å². The number of hydrogen-bond acceptors (Lipinski definition) is 3. The van der Waals surface area contributed by atoms with Gasteiger partial charge in [-0.3, -0.25) is 4.79 Å². The highest BCUT2D eigenvalue weighted by atomic mass is 16.5. The average Bonchev–Trinajstić information content (AvgIpc) is 2.99. The van der Waals surface area contributed by atoms with Crippen LogP contribution >= 0.6 is 0 Å². The molecule has 5 nitrogen and oxygen atoms in total. The summed E-state index contributed by atoms with van der Waals surface area (Å²) in [6, 6.07) is 7.47. The number of methoxy groups -OCH3 is 1. The number of aromatic nitrogens is 2. The van der Waals surface area contributed by atoms with Gasteiger partial charge in [0.15, 0.2) is 0 Å². The van der Waals surface area contributed by atoms with Gasteiger partial charge in [0.2, 0.25) is 5.91 Å². The van der Waals surface area contributed by atoms with Crippen LogP contribution in [0.25, 0.3) is 0 Å². The van der Waals surface area contributed by atoms with Crippen LogP contribution in [0.1, 0.15) is 50.0 Å². The minimum absolute atomic E-state index is 0.0577. The predicted molar refractivity (Wildman–Crippen MR) is 90.3 cm³/mol. The van der Waals surface area contributed by atoms with E-state index in [2.05, 4.69) is 17.2 Å². The largest absolute Gasteiger partial charge is 0.497 e. The standard InChI is InChI=1S/C18H25N3O2/c1-4-5-6-7-16(22)20-17(18-19-12-13-21(18)2)14-8-10-15(23-3)11-9-14/h8-13,17H,4-7H2,1-3H3,(H,20,22). The summed E-state index contributed by atoms with van der Waals surface area (Å²) in [7, 11) is 3.57. The highest BCUT2D eigenvalue weighted by Gasteiger charge is 2.20. The van der Waals surface area contributed by atoms with E-state index in [1.807, 2.05) is 42.1 Å². The minimum atomic E-state index is -0.255. The third-order valence-corrected chi connectivity index (χ3v) is 3.88. The highest BCUT2D eigenvalue weighted by Crippen LogP contribution is 2.23. The van der Waals surface area contributed by atoms with Crippen LogP contribution < -0.4 is 10.1 Å². The summed E-state index contributed by atoms with van der Waals surface area (Å²) in [5.74, 6) is 1.67. The smallest absolute Gasteiger partial charge is 0.220 e. The molecule has 1 atom stereocenters. The van der Waals surface area contributed by atoms with Crippen molar-refractivity contribution in [1.82, 2.24) is 14.9 Å². The summed E-state index contributed by atoms with van der Waals surface area (Å²) >= 11 is 0. The maximum Gasteiger partial charge on any atom is 0.220 e. The van der Waals surface area contributed by atoms with Crippen molar-refractivity contribution in [3.05, 3.63) is 48.0 Å². The number of amides is 1. The van der Waals surface area contributed by atoms with Crippen LogP contribution in [-0.4, -0.2) is 22.6 Å². The molecule has 1 amide bonds. The lowest BCUT2D eigenvalue weighted by molar-refractivity contribution is -0.121. The summed E-state index contributed by atoms with van der Waals surface area (Å²) in [6.07, 6.45) is 7.27. The number of carbonyl (C=O) groups is 1. The second-order valence-electron chi connectivity index (χ2n) is 5.63. The highest BCUT2D eigenvalue weighted by molar-refractivity contribution is 5.76. The first kappa shape index (κ1) is 17.1. The topological polar surface area (TPSA) is 56.1 Å². The van der Waals surface area contributed by atoms with Gasteiger partial charge in [-0.15, -0.1) is 0 Å². The Morgan fingerprint density at radius 2 is 2.04 bits per heavy atom. The number of aryl methyl sites for hydroxylation is 1. The number of nitrogens with one attached hydrogen (secondary N) is 1. The van der Waals surface area contributed by atoms with Gasteiger partial charge >= 0.3 is 0 Å². The van der Waals surface area contributed by atoms with Crippen molar-refractivity contribution in [3.63, 3.8) is 0 Å². The maximum atomic E-state index is 12.3. The zero-order valence-corrected chi connectivity index (χ0v) is 14.1. The Hall–Kier alpha value is -2.30. The van der Waals surface area contributed by atoms with E-state index < -0.39 is 0 Å². The van der Waals surface area contributed by atoms with Crippen molar-refractivity contribution in [2.45, 2.75) is 38.6 Å². The van der Waals surface area contributed by atoms with Gasteiger partial charge in [0.1, 0.15) is 17.6 Å². The summed E-state index contributed by atoms with van der Waals surface area (Å²) in [5, 5.41) is 3.11. The molecule has 0 radical (unpaired) electrons. The van der Waals surface area contributed by atoms with Crippen LogP contribution in [0.15, 0.2) is 36.7 Å². The lowest BCUT2D eigenvalue weighted by Crippen LogP contribution is -2.30. The number of carbonyl (C=O) groups excluding carboxylic acids is 1. The van der Waals surface area contributed by atoms with E-state index >= 15 is 0 Å². The summed E-state index contributed by atoms with van der Waals surface area (Å²) in [5.41, 5.74) is 0.990. The number of nitrogens with zero attached hydrogens (tertiary/aromatic N) is 2. The summed E-state index contributed by atoms with van der Waals surface area (Å²) < 4.78 is 7.13. The second-order valence-corrected chi connectivity index (χ2v) is 5.63. The molecule has 2 aromatic rings. The molecule has 0 spiro atoms. The molecule has 1 N–H and O–H groups in total. The Kier molecular flexibility index (Phi) is 6.20. The normalized spacial score (nSPS) is 12.0. The van der Waals surface area contributed by atoms with E-state index in [0.29, 0.717) is 6.42 Å². The first-order chi connectivity index (χ1) is 11.2. The SMILES string of the molecule is CCCCCC(=O)NC(c1ccc(OC)cc1)c1nccn1C. The Bertz CT molecular complexity index is 619. The van der Waals surface area contributed by atoms with Gasteiger partial charge in [-0.2, -0.15) is 0 Å². The van der Waals surface area contributed by atoms with E-state index in [0.717, 1.165) is 36.4 Å². The number of hydrogen-bond donors (Lipinski definition) is 1. The van der Waals surface area contributed by atoms with Crippen LogP contribution in [-0.2, 0) is 11.8 Å². The molecule has 0 aliphatic heterocycles. The fourth-order valence-corrected chi connectivity index (χ4v) is 2.52. The van der Waals surface area contributed by atoms with Crippen molar-refractivity contribution in [3.8, 4) is 5.75 Å². The predicted octanol–water partition coefficient (Wildman–Crippen LogP) is 3.21. The third kappa shape index (κ3) is 4.58. The molecule has 1 unspecified atom stereocenters. The van der Waals surface area contributed by atoms with Gasteiger partial charge < -0.3 is 14.6 Å². The van der Waals surface area contributed by atoms with Gasteiger partial charge in [0, 0.05) is 25.9 Å². The first-order valence-electron chi connectivity index (χ1n) is 8.06. The quantitative estimate of drug-likeness (QED) is 0.761. The van der Waals surface area contributed by atoms with Gasteiger partial charge in [0.05, 0.1) is 7.11 Å². The molecule has 0 saturated heterocycles. The molecule has 1 heterocycles. The number of ether oxygens (including phenoxy) is 1. The van der Waals surface area contributed by atoms with Crippen molar-refractivity contribution in [1.29, 1.82) is 0 Å². The zero-order chi connectivity index (χ0) is 16.7. The maximum absolute atomic E-state index is 12.3. The van der Waals surface area contributed by atoms with Crippen LogP contribution in [0, 0.1) is 0 Å². The molecule has 0 aliphatic carbocycles. The second kappa shape index (κ2) is 8.36. The number of benzene rings is 1. The zero-order valence-electron chi connectivity index (χ0n) is 14.1. The first-order valence-corrected chi connectivity index (χ1v) is 8.06. The minimum Gasteiger partial charge on any atom is -0.497 e. The number of unbranched alkanes of at least 4 members (excludes halogenated alkanes) is 2. The van der Waals surface area contributed by atoms with Crippen molar-refractivity contribution < 1.29 is 9.53 Å². The summed E-state index contributed by atoms with van der Waals surface area (Å²) in [6.45, 7) is 2.13. The lowest BCUT2D eigenvalue weighted by atomic mass is 10.1.